The molecule has 0 amide bonds. The minimum atomic E-state index is -0.0682. The minimum Gasteiger partial charge on any atom is -0.496 e. The van der Waals surface area contributed by atoms with Gasteiger partial charge in [-0.2, -0.15) is 5.10 Å². The van der Waals surface area contributed by atoms with Crippen molar-refractivity contribution in [2.45, 2.75) is 26.8 Å². The number of benzene rings is 1. The molecule has 2 aromatic rings. The molecule has 0 aliphatic heterocycles. The highest BCUT2D eigenvalue weighted by Gasteiger charge is 2.21. The molecule has 0 unspecified atom stereocenters. The monoisotopic (exact) mass is 336 g/mol. The van der Waals surface area contributed by atoms with Crippen LogP contribution in [0.5, 0.6) is 5.75 Å². The van der Waals surface area contributed by atoms with Crippen molar-refractivity contribution in [2.75, 3.05) is 7.11 Å². The molecule has 1 aromatic carbocycles. The van der Waals surface area contributed by atoms with Gasteiger partial charge in [0.1, 0.15) is 11.4 Å². The zero-order valence-corrected chi connectivity index (χ0v) is 13.6. The Hall–Kier alpha value is -1.62. The molecular formula is C15H17BrN2O2. The molecule has 0 aliphatic rings. The fraction of sp³-hybridized carbons (Fsp3) is 0.333. The average molecular weight is 337 g/mol. The van der Waals surface area contributed by atoms with Crippen LogP contribution in [0.25, 0.3) is 0 Å². The van der Waals surface area contributed by atoms with E-state index in [4.69, 9.17) is 4.74 Å². The number of hydrogen-bond acceptors (Lipinski definition) is 3. The van der Waals surface area contributed by atoms with Crippen LogP contribution in [-0.2, 0) is 0 Å². The first-order chi connectivity index (χ1) is 9.45. The van der Waals surface area contributed by atoms with Crippen molar-refractivity contribution in [3.05, 3.63) is 45.7 Å². The molecule has 106 valence electrons. The van der Waals surface area contributed by atoms with Crippen LogP contribution in [0.2, 0.25) is 0 Å². The smallest absolute Gasteiger partial charge is 0.212 e. The molecule has 0 bridgehead atoms. The van der Waals surface area contributed by atoms with Crippen LogP contribution in [0.3, 0.4) is 0 Å². The van der Waals surface area contributed by atoms with Crippen molar-refractivity contribution < 1.29 is 9.53 Å². The summed E-state index contributed by atoms with van der Waals surface area (Å²) in [6, 6.07) is 5.58. The van der Waals surface area contributed by atoms with Gasteiger partial charge >= 0.3 is 0 Å². The second-order valence-electron chi connectivity index (χ2n) is 4.89. The SMILES string of the molecule is COc1cc(C(=O)c2c(Br)cnn2C(C)C)ccc1C. The largest absolute Gasteiger partial charge is 0.496 e. The molecule has 0 saturated heterocycles. The second-order valence-corrected chi connectivity index (χ2v) is 5.75. The highest BCUT2D eigenvalue weighted by molar-refractivity contribution is 9.10. The van der Waals surface area contributed by atoms with Gasteiger partial charge in [0.15, 0.2) is 0 Å². The van der Waals surface area contributed by atoms with Gasteiger partial charge in [-0.1, -0.05) is 12.1 Å². The molecule has 2 rings (SSSR count). The third kappa shape index (κ3) is 2.63. The van der Waals surface area contributed by atoms with Gasteiger partial charge in [-0.3, -0.25) is 9.48 Å². The summed E-state index contributed by atoms with van der Waals surface area (Å²) in [5, 5.41) is 4.24. The van der Waals surface area contributed by atoms with Gasteiger partial charge in [0, 0.05) is 11.6 Å². The number of methoxy groups -OCH3 is 1. The quantitative estimate of drug-likeness (QED) is 0.798. The Morgan fingerprint density at radius 3 is 2.70 bits per heavy atom. The maximum Gasteiger partial charge on any atom is 0.212 e. The van der Waals surface area contributed by atoms with Gasteiger partial charge in [-0.15, -0.1) is 0 Å². The van der Waals surface area contributed by atoms with Gasteiger partial charge in [0.05, 0.1) is 17.8 Å². The Kier molecular flexibility index (Phi) is 4.28. The minimum absolute atomic E-state index is 0.0682. The maximum absolute atomic E-state index is 12.7. The molecule has 20 heavy (non-hydrogen) atoms. The summed E-state index contributed by atoms with van der Waals surface area (Å²) in [5.74, 6) is 0.643. The zero-order valence-electron chi connectivity index (χ0n) is 12.0. The van der Waals surface area contributed by atoms with Crippen LogP contribution in [0.15, 0.2) is 28.9 Å². The lowest BCUT2D eigenvalue weighted by molar-refractivity contribution is 0.102. The molecule has 5 heteroatoms. The van der Waals surface area contributed by atoms with Crippen molar-refractivity contribution in [3.63, 3.8) is 0 Å². The van der Waals surface area contributed by atoms with Crippen LogP contribution < -0.4 is 4.74 Å². The molecular weight excluding hydrogens is 320 g/mol. The van der Waals surface area contributed by atoms with E-state index >= 15 is 0 Å². The number of rotatable bonds is 4. The number of nitrogens with zero attached hydrogens (tertiary/aromatic N) is 2. The summed E-state index contributed by atoms with van der Waals surface area (Å²) in [7, 11) is 1.60. The van der Waals surface area contributed by atoms with Crippen LogP contribution in [-0.4, -0.2) is 22.7 Å². The summed E-state index contributed by atoms with van der Waals surface area (Å²) in [6.07, 6.45) is 1.65. The van der Waals surface area contributed by atoms with Crippen molar-refractivity contribution in [1.82, 2.24) is 9.78 Å². The van der Waals surface area contributed by atoms with E-state index in [1.807, 2.05) is 32.9 Å². The number of carbonyl (C=O) groups excluding carboxylic acids is 1. The fourth-order valence-corrected chi connectivity index (χ4v) is 2.50. The number of ether oxygens (including phenoxy) is 1. The standard InChI is InChI=1S/C15H17BrN2O2/c1-9(2)18-14(12(16)8-17-18)15(19)11-6-5-10(3)13(7-11)20-4/h5-9H,1-4H3. The summed E-state index contributed by atoms with van der Waals surface area (Å²) in [5.41, 5.74) is 2.15. The number of ketones is 1. The van der Waals surface area contributed by atoms with E-state index in [2.05, 4.69) is 21.0 Å². The van der Waals surface area contributed by atoms with Crippen molar-refractivity contribution in [1.29, 1.82) is 0 Å². The topological polar surface area (TPSA) is 44.1 Å². The zero-order chi connectivity index (χ0) is 14.9. The number of halogens is 1. The molecule has 1 heterocycles. The molecule has 4 nitrogen and oxygen atoms in total. The van der Waals surface area contributed by atoms with Crippen LogP contribution >= 0.6 is 15.9 Å². The lowest BCUT2D eigenvalue weighted by atomic mass is 10.1. The van der Waals surface area contributed by atoms with E-state index in [-0.39, 0.29) is 11.8 Å². The predicted molar refractivity (Wildman–Crippen MR) is 81.5 cm³/mol. The van der Waals surface area contributed by atoms with E-state index in [0.29, 0.717) is 21.5 Å². The lowest BCUT2D eigenvalue weighted by Crippen LogP contribution is -2.14. The second kappa shape index (κ2) is 5.79. The normalized spacial score (nSPS) is 10.9. The predicted octanol–water partition coefficient (Wildman–Crippen LogP) is 3.77. The van der Waals surface area contributed by atoms with E-state index in [1.165, 1.54) is 0 Å². The van der Waals surface area contributed by atoms with Crippen LogP contribution in [0.1, 0.15) is 41.5 Å². The first-order valence-corrected chi connectivity index (χ1v) is 7.17. The summed E-state index contributed by atoms with van der Waals surface area (Å²) >= 11 is 3.40. The van der Waals surface area contributed by atoms with Crippen LogP contribution in [0.4, 0.5) is 0 Å². The van der Waals surface area contributed by atoms with Gasteiger partial charge in [0.25, 0.3) is 0 Å². The van der Waals surface area contributed by atoms with Gasteiger partial charge < -0.3 is 4.74 Å². The van der Waals surface area contributed by atoms with Gasteiger partial charge in [0.2, 0.25) is 5.78 Å². The molecule has 0 fully saturated rings. The van der Waals surface area contributed by atoms with E-state index in [0.717, 1.165) is 5.56 Å². The highest BCUT2D eigenvalue weighted by Crippen LogP contribution is 2.25. The number of carbonyl (C=O) groups is 1. The summed E-state index contributed by atoms with van der Waals surface area (Å²) in [4.78, 5) is 12.7. The van der Waals surface area contributed by atoms with E-state index < -0.39 is 0 Å². The van der Waals surface area contributed by atoms with Gasteiger partial charge in [-0.05, 0) is 48.3 Å². The number of aromatic nitrogens is 2. The number of hydrogen-bond donors (Lipinski definition) is 0. The van der Waals surface area contributed by atoms with Crippen LogP contribution in [0, 0.1) is 6.92 Å². The Morgan fingerprint density at radius 2 is 2.10 bits per heavy atom. The third-order valence-corrected chi connectivity index (χ3v) is 3.71. The van der Waals surface area contributed by atoms with Crippen molar-refractivity contribution in [3.8, 4) is 5.75 Å². The molecule has 1 aromatic heterocycles. The molecule has 0 N–H and O–H groups in total. The van der Waals surface area contributed by atoms with E-state index in [1.54, 1.807) is 24.1 Å². The Bertz CT molecular complexity index is 647. The Balaban J connectivity index is 2.49. The summed E-state index contributed by atoms with van der Waals surface area (Å²) < 4.78 is 7.70. The molecule has 0 aliphatic carbocycles. The fourth-order valence-electron chi connectivity index (χ4n) is 2.04. The Labute approximate surface area is 126 Å². The first kappa shape index (κ1) is 14.8. The van der Waals surface area contributed by atoms with Crippen molar-refractivity contribution >= 4 is 21.7 Å². The first-order valence-electron chi connectivity index (χ1n) is 6.38. The van der Waals surface area contributed by atoms with Crippen molar-refractivity contribution in [2.24, 2.45) is 0 Å². The highest BCUT2D eigenvalue weighted by atomic mass is 79.9. The van der Waals surface area contributed by atoms with E-state index in [9.17, 15) is 4.79 Å². The molecule has 0 spiro atoms. The van der Waals surface area contributed by atoms with Gasteiger partial charge in [-0.25, -0.2) is 0 Å². The third-order valence-electron chi connectivity index (χ3n) is 3.13. The Morgan fingerprint density at radius 1 is 1.40 bits per heavy atom. The number of aryl methyl sites for hydroxylation is 1. The lowest BCUT2D eigenvalue weighted by Gasteiger charge is -2.12. The maximum atomic E-state index is 12.7. The molecule has 0 radical (unpaired) electrons. The summed E-state index contributed by atoms with van der Waals surface area (Å²) in [6.45, 7) is 5.93. The molecule has 0 saturated carbocycles. The molecule has 0 atom stereocenters. The average Bonchev–Trinajstić information content (AvgIpc) is 2.80.